The van der Waals surface area contributed by atoms with Gasteiger partial charge in [0.1, 0.15) is 0 Å². The van der Waals surface area contributed by atoms with E-state index in [0.29, 0.717) is 38.6 Å². The lowest BCUT2D eigenvalue weighted by atomic mass is 9.77. The van der Waals surface area contributed by atoms with E-state index in [4.69, 9.17) is 15.2 Å². The van der Waals surface area contributed by atoms with Crippen molar-refractivity contribution < 1.29 is 19.4 Å². The molecule has 0 aliphatic rings. The van der Waals surface area contributed by atoms with E-state index >= 15 is 0 Å². The third-order valence-electron chi connectivity index (χ3n) is 2.80. The van der Waals surface area contributed by atoms with E-state index < -0.39 is 11.4 Å². The van der Waals surface area contributed by atoms with E-state index in [9.17, 15) is 9.90 Å². The van der Waals surface area contributed by atoms with Gasteiger partial charge in [0, 0.05) is 20.3 Å². The van der Waals surface area contributed by atoms with Crippen LogP contribution in [0.25, 0.3) is 0 Å². The molecule has 5 heteroatoms. The molecule has 0 aliphatic carbocycles. The summed E-state index contributed by atoms with van der Waals surface area (Å²) < 4.78 is 10.2. The summed E-state index contributed by atoms with van der Waals surface area (Å²) in [4.78, 5) is 11.3. The van der Waals surface area contributed by atoms with Crippen LogP contribution in [0.5, 0.6) is 0 Å². The third kappa shape index (κ3) is 6.00. The highest BCUT2D eigenvalue weighted by atomic mass is 16.5. The Morgan fingerprint density at radius 2 is 2.00 bits per heavy atom. The standard InChI is InChI=1S/C12H25NO4/c1-10(2)8-12(9-13,11(14)15)4-5-17-7-6-16-3/h10H,4-9,13H2,1-3H3,(H,14,15). The van der Waals surface area contributed by atoms with Gasteiger partial charge in [0.2, 0.25) is 0 Å². The zero-order valence-corrected chi connectivity index (χ0v) is 11.1. The molecule has 0 rings (SSSR count). The third-order valence-corrected chi connectivity index (χ3v) is 2.80. The minimum absolute atomic E-state index is 0.147. The van der Waals surface area contributed by atoms with Gasteiger partial charge in [0.05, 0.1) is 18.6 Å². The van der Waals surface area contributed by atoms with Crippen molar-refractivity contribution in [3.05, 3.63) is 0 Å². The number of ether oxygens (including phenoxy) is 2. The number of methoxy groups -OCH3 is 1. The monoisotopic (exact) mass is 247 g/mol. The van der Waals surface area contributed by atoms with Crippen molar-refractivity contribution in [2.75, 3.05) is 33.5 Å². The van der Waals surface area contributed by atoms with Crippen LogP contribution in [-0.2, 0) is 14.3 Å². The minimum atomic E-state index is -0.860. The number of carboxylic acid groups (broad SMARTS) is 1. The summed E-state index contributed by atoms with van der Waals surface area (Å²) in [5.41, 5.74) is 4.78. The second-order valence-electron chi connectivity index (χ2n) is 4.74. The smallest absolute Gasteiger partial charge is 0.311 e. The topological polar surface area (TPSA) is 81.8 Å². The van der Waals surface area contributed by atoms with Gasteiger partial charge in [-0.25, -0.2) is 0 Å². The van der Waals surface area contributed by atoms with Crippen LogP contribution in [0.15, 0.2) is 0 Å². The maximum Gasteiger partial charge on any atom is 0.311 e. The minimum Gasteiger partial charge on any atom is -0.481 e. The van der Waals surface area contributed by atoms with Crippen LogP contribution in [0.4, 0.5) is 0 Å². The number of hydrogen-bond acceptors (Lipinski definition) is 4. The summed E-state index contributed by atoms with van der Waals surface area (Å²) in [5.74, 6) is -0.530. The van der Waals surface area contributed by atoms with Gasteiger partial charge in [-0.15, -0.1) is 0 Å². The normalized spacial score (nSPS) is 14.9. The van der Waals surface area contributed by atoms with Crippen LogP contribution in [0.3, 0.4) is 0 Å². The molecule has 1 atom stereocenters. The highest BCUT2D eigenvalue weighted by Gasteiger charge is 2.37. The predicted molar refractivity (Wildman–Crippen MR) is 65.9 cm³/mol. The van der Waals surface area contributed by atoms with Crippen molar-refractivity contribution >= 4 is 5.97 Å². The molecule has 0 aromatic carbocycles. The molecule has 0 saturated carbocycles. The van der Waals surface area contributed by atoms with Crippen LogP contribution in [-0.4, -0.2) is 44.6 Å². The van der Waals surface area contributed by atoms with Crippen molar-refractivity contribution in [1.82, 2.24) is 0 Å². The first kappa shape index (κ1) is 16.4. The molecule has 102 valence electrons. The highest BCUT2D eigenvalue weighted by molar-refractivity contribution is 5.75. The first-order chi connectivity index (χ1) is 7.98. The lowest BCUT2D eigenvalue weighted by Gasteiger charge is -2.29. The summed E-state index contributed by atoms with van der Waals surface area (Å²) in [5, 5.41) is 9.32. The van der Waals surface area contributed by atoms with Gasteiger partial charge in [0.15, 0.2) is 0 Å². The predicted octanol–water partition coefficient (Wildman–Crippen LogP) is 1.12. The number of carboxylic acids is 1. The van der Waals surface area contributed by atoms with Crippen LogP contribution >= 0.6 is 0 Å². The van der Waals surface area contributed by atoms with Crippen LogP contribution < -0.4 is 5.73 Å². The van der Waals surface area contributed by atoms with Crippen molar-refractivity contribution in [2.24, 2.45) is 17.1 Å². The quantitative estimate of drug-likeness (QED) is 0.565. The van der Waals surface area contributed by atoms with E-state index in [1.807, 2.05) is 13.8 Å². The number of carbonyl (C=O) groups is 1. The van der Waals surface area contributed by atoms with Crippen LogP contribution in [0.1, 0.15) is 26.7 Å². The summed E-state index contributed by atoms with van der Waals surface area (Å²) in [6.07, 6.45) is 1.02. The highest BCUT2D eigenvalue weighted by Crippen LogP contribution is 2.29. The number of rotatable bonds is 10. The van der Waals surface area contributed by atoms with E-state index in [-0.39, 0.29) is 6.54 Å². The molecule has 5 nitrogen and oxygen atoms in total. The van der Waals surface area contributed by atoms with Crippen molar-refractivity contribution in [2.45, 2.75) is 26.7 Å². The van der Waals surface area contributed by atoms with Crippen molar-refractivity contribution in [1.29, 1.82) is 0 Å². The average Bonchev–Trinajstić information content (AvgIpc) is 2.26. The first-order valence-corrected chi connectivity index (χ1v) is 5.98. The molecule has 0 heterocycles. The van der Waals surface area contributed by atoms with Gasteiger partial charge in [0.25, 0.3) is 0 Å². The van der Waals surface area contributed by atoms with E-state index in [1.165, 1.54) is 0 Å². The van der Waals surface area contributed by atoms with Gasteiger partial charge in [-0.2, -0.15) is 0 Å². The Bertz CT molecular complexity index is 221. The Labute approximate surface area is 103 Å². The number of hydrogen-bond donors (Lipinski definition) is 2. The molecule has 0 bridgehead atoms. The summed E-state index contributed by atoms with van der Waals surface area (Å²) >= 11 is 0. The van der Waals surface area contributed by atoms with Crippen molar-refractivity contribution in [3.63, 3.8) is 0 Å². The molecule has 1 unspecified atom stereocenters. The summed E-state index contributed by atoms with van der Waals surface area (Å²) in [6.45, 7) is 5.55. The van der Waals surface area contributed by atoms with Gasteiger partial charge in [-0.05, 0) is 18.8 Å². The van der Waals surface area contributed by atoms with Gasteiger partial charge >= 0.3 is 5.97 Å². The molecule has 0 aliphatic heterocycles. The van der Waals surface area contributed by atoms with E-state index in [1.54, 1.807) is 7.11 Å². The number of aliphatic carboxylic acids is 1. The number of nitrogens with two attached hydrogens (primary N) is 1. The Morgan fingerprint density at radius 1 is 1.35 bits per heavy atom. The fourth-order valence-corrected chi connectivity index (χ4v) is 1.86. The zero-order valence-electron chi connectivity index (χ0n) is 11.1. The molecule has 0 radical (unpaired) electrons. The Balaban J connectivity index is 4.23. The fourth-order valence-electron chi connectivity index (χ4n) is 1.86. The summed E-state index contributed by atoms with van der Waals surface area (Å²) in [7, 11) is 1.60. The maximum atomic E-state index is 11.3. The molecule has 0 aromatic rings. The fraction of sp³-hybridized carbons (Fsp3) is 0.917. The Morgan fingerprint density at radius 3 is 2.41 bits per heavy atom. The largest absolute Gasteiger partial charge is 0.481 e. The van der Waals surface area contributed by atoms with Crippen molar-refractivity contribution in [3.8, 4) is 0 Å². The van der Waals surface area contributed by atoms with Gasteiger partial charge in [-0.1, -0.05) is 13.8 Å². The zero-order chi connectivity index (χ0) is 13.3. The second-order valence-corrected chi connectivity index (χ2v) is 4.74. The second kappa shape index (κ2) is 8.44. The molecular formula is C12H25NO4. The molecular weight excluding hydrogens is 222 g/mol. The van der Waals surface area contributed by atoms with E-state index in [0.717, 1.165) is 0 Å². The Kier molecular flexibility index (Phi) is 8.12. The molecule has 0 spiro atoms. The lowest BCUT2D eigenvalue weighted by Crippen LogP contribution is -2.41. The van der Waals surface area contributed by atoms with Gasteiger partial charge in [-0.3, -0.25) is 4.79 Å². The maximum absolute atomic E-state index is 11.3. The first-order valence-electron chi connectivity index (χ1n) is 5.98. The van der Waals surface area contributed by atoms with Crippen LogP contribution in [0.2, 0.25) is 0 Å². The molecule has 17 heavy (non-hydrogen) atoms. The van der Waals surface area contributed by atoms with Crippen LogP contribution in [0, 0.1) is 11.3 Å². The molecule has 0 aromatic heterocycles. The molecule has 0 fully saturated rings. The van der Waals surface area contributed by atoms with E-state index in [2.05, 4.69) is 0 Å². The lowest BCUT2D eigenvalue weighted by molar-refractivity contribution is -0.150. The average molecular weight is 247 g/mol. The molecule has 0 amide bonds. The van der Waals surface area contributed by atoms with Gasteiger partial charge < -0.3 is 20.3 Å². The molecule has 3 N–H and O–H groups in total. The SMILES string of the molecule is COCCOCCC(CN)(CC(C)C)C(=O)O. The molecule has 0 saturated heterocycles. The summed E-state index contributed by atoms with van der Waals surface area (Å²) in [6, 6.07) is 0. The Hall–Kier alpha value is -0.650.